The number of amides is 1. The van der Waals surface area contributed by atoms with E-state index in [2.05, 4.69) is 5.32 Å². The Bertz CT molecular complexity index is 770. The Labute approximate surface area is 135 Å². The van der Waals surface area contributed by atoms with Gasteiger partial charge in [-0.25, -0.2) is 0 Å². The van der Waals surface area contributed by atoms with Crippen molar-refractivity contribution in [2.24, 2.45) is 0 Å². The molecule has 2 aromatic rings. The van der Waals surface area contributed by atoms with Crippen LogP contribution in [0.15, 0.2) is 47.3 Å². The van der Waals surface area contributed by atoms with Gasteiger partial charge in [0.25, 0.3) is 5.56 Å². The third-order valence-corrected chi connectivity index (χ3v) is 3.60. The van der Waals surface area contributed by atoms with Crippen molar-refractivity contribution >= 4 is 11.6 Å². The lowest BCUT2D eigenvalue weighted by Gasteiger charge is -2.09. The second-order valence-corrected chi connectivity index (χ2v) is 5.35. The molecule has 0 saturated heterocycles. The molecule has 5 nitrogen and oxygen atoms in total. The van der Waals surface area contributed by atoms with Gasteiger partial charge in [0, 0.05) is 30.4 Å². The molecule has 118 valence electrons. The van der Waals surface area contributed by atoms with E-state index in [0.717, 1.165) is 12.1 Å². The summed E-state index contributed by atoms with van der Waals surface area (Å²) < 4.78 is 1.72. The zero-order chi connectivity index (χ0) is 16.7. The molecule has 0 aliphatic heterocycles. The number of unbranched alkanes of at least 4 members (excludes halogenated alkanes) is 1. The molecule has 0 unspecified atom stereocenters. The summed E-state index contributed by atoms with van der Waals surface area (Å²) in [7, 11) is 0. The summed E-state index contributed by atoms with van der Waals surface area (Å²) in [5, 5.41) is 11.5. The van der Waals surface area contributed by atoms with Crippen molar-refractivity contribution < 1.29 is 4.79 Å². The lowest BCUT2D eigenvalue weighted by atomic mass is 10.2. The molecule has 1 amide bonds. The third-order valence-electron chi connectivity index (χ3n) is 3.60. The first kappa shape index (κ1) is 16.5. The number of benzene rings is 1. The van der Waals surface area contributed by atoms with Gasteiger partial charge < -0.3 is 9.88 Å². The van der Waals surface area contributed by atoms with Crippen LogP contribution in [0.25, 0.3) is 0 Å². The van der Waals surface area contributed by atoms with Crippen molar-refractivity contribution in [2.75, 3.05) is 5.32 Å². The van der Waals surface area contributed by atoms with Crippen LogP contribution in [0, 0.1) is 18.3 Å². The smallest absolute Gasteiger partial charge is 0.250 e. The fourth-order valence-corrected chi connectivity index (χ4v) is 2.32. The second kappa shape index (κ2) is 7.95. The Morgan fingerprint density at radius 2 is 1.91 bits per heavy atom. The molecule has 0 radical (unpaired) electrons. The highest BCUT2D eigenvalue weighted by molar-refractivity contribution is 5.90. The zero-order valence-electron chi connectivity index (χ0n) is 13.1. The number of aromatic nitrogens is 1. The first-order valence-corrected chi connectivity index (χ1v) is 7.56. The molecule has 1 N–H and O–H groups in total. The first-order chi connectivity index (χ1) is 11.1. The molecular formula is C18H19N3O2. The highest BCUT2D eigenvalue weighted by atomic mass is 16.1. The molecule has 0 aliphatic carbocycles. The van der Waals surface area contributed by atoms with E-state index in [9.17, 15) is 9.59 Å². The molecule has 0 saturated carbocycles. The van der Waals surface area contributed by atoms with Crippen LogP contribution in [0.3, 0.4) is 0 Å². The molecule has 0 bridgehead atoms. The van der Waals surface area contributed by atoms with Gasteiger partial charge in [0.2, 0.25) is 5.91 Å². The van der Waals surface area contributed by atoms with E-state index in [1.165, 1.54) is 0 Å². The molecular weight excluding hydrogens is 290 g/mol. The van der Waals surface area contributed by atoms with E-state index in [-0.39, 0.29) is 11.5 Å². The number of nitrogens with one attached hydrogen (secondary N) is 1. The largest absolute Gasteiger partial charge is 0.326 e. The van der Waals surface area contributed by atoms with Crippen molar-refractivity contribution in [3.63, 3.8) is 0 Å². The minimum atomic E-state index is -0.0631. The highest BCUT2D eigenvalue weighted by Gasteiger charge is 2.04. The van der Waals surface area contributed by atoms with Crippen LogP contribution in [0.2, 0.25) is 0 Å². The molecule has 2 rings (SSSR count). The molecule has 0 fully saturated rings. The number of anilines is 1. The Morgan fingerprint density at radius 1 is 1.17 bits per heavy atom. The number of rotatable bonds is 6. The number of hydrogen-bond acceptors (Lipinski definition) is 3. The summed E-state index contributed by atoms with van der Waals surface area (Å²) in [6.45, 7) is 2.52. The van der Waals surface area contributed by atoms with Crippen molar-refractivity contribution in [2.45, 2.75) is 32.7 Å². The SMILES string of the molecule is Cc1cccc(=O)n1CCCCC(=O)Nc1ccc(C#N)cc1. The first-order valence-electron chi connectivity index (χ1n) is 7.56. The molecule has 0 atom stereocenters. The molecule has 0 spiro atoms. The fourth-order valence-electron chi connectivity index (χ4n) is 2.32. The van der Waals surface area contributed by atoms with E-state index >= 15 is 0 Å². The maximum Gasteiger partial charge on any atom is 0.250 e. The van der Waals surface area contributed by atoms with Crippen LogP contribution in [0.5, 0.6) is 0 Å². The van der Waals surface area contributed by atoms with Crippen LogP contribution in [0.1, 0.15) is 30.5 Å². The molecule has 1 aromatic carbocycles. The monoisotopic (exact) mass is 309 g/mol. The maximum absolute atomic E-state index is 11.9. The third kappa shape index (κ3) is 4.82. The van der Waals surface area contributed by atoms with Gasteiger partial charge in [0.1, 0.15) is 0 Å². The van der Waals surface area contributed by atoms with E-state index < -0.39 is 0 Å². The van der Waals surface area contributed by atoms with Crippen molar-refractivity contribution in [3.8, 4) is 6.07 Å². The van der Waals surface area contributed by atoms with Crippen LogP contribution < -0.4 is 10.9 Å². The topological polar surface area (TPSA) is 74.9 Å². The number of nitrogens with zero attached hydrogens (tertiary/aromatic N) is 2. The van der Waals surface area contributed by atoms with Crippen LogP contribution in [0.4, 0.5) is 5.69 Å². The number of carbonyl (C=O) groups excluding carboxylic acids is 1. The number of aryl methyl sites for hydroxylation is 1. The van der Waals surface area contributed by atoms with Gasteiger partial charge >= 0.3 is 0 Å². The summed E-state index contributed by atoms with van der Waals surface area (Å²) in [4.78, 5) is 23.6. The van der Waals surface area contributed by atoms with Crippen molar-refractivity contribution in [1.82, 2.24) is 4.57 Å². The Hall–Kier alpha value is -2.87. The normalized spacial score (nSPS) is 10.1. The summed E-state index contributed by atoms with van der Waals surface area (Å²) in [5.74, 6) is -0.0631. The Morgan fingerprint density at radius 3 is 2.57 bits per heavy atom. The molecule has 1 aromatic heterocycles. The highest BCUT2D eigenvalue weighted by Crippen LogP contribution is 2.10. The number of nitriles is 1. The number of pyridine rings is 1. The predicted octanol–water partition coefficient (Wildman–Crippen LogP) is 2.84. The van der Waals surface area contributed by atoms with Gasteiger partial charge in [0.15, 0.2) is 0 Å². The summed E-state index contributed by atoms with van der Waals surface area (Å²) in [5.41, 5.74) is 2.17. The summed E-state index contributed by atoms with van der Waals surface area (Å²) >= 11 is 0. The lowest BCUT2D eigenvalue weighted by Crippen LogP contribution is -2.21. The van der Waals surface area contributed by atoms with Crippen LogP contribution in [-0.2, 0) is 11.3 Å². The van der Waals surface area contributed by atoms with Gasteiger partial charge in [-0.1, -0.05) is 6.07 Å². The average Bonchev–Trinajstić information content (AvgIpc) is 2.54. The van der Waals surface area contributed by atoms with E-state index in [1.807, 2.05) is 19.1 Å². The van der Waals surface area contributed by atoms with Crippen molar-refractivity contribution in [1.29, 1.82) is 5.26 Å². The molecule has 23 heavy (non-hydrogen) atoms. The van der Waals surface area contributed by atoms with Gasteiger partial charge in [-0.2, -0.15) is 5.26 Å². The van der Waals surface area contributed by atoms with Gasteiger partial charge in [-0.3, -0.25) is 9.59 Å². The zero-order valence-corrected chi connectivity index (χ0v) is 13.1. The average molecular weight is 309 g/mol. The molecule has 1 heterocycles. The number of hydrogen-bond donors (Lipinski definition) is 1. The quantitative estimate of drug-likeness (QED) is 0.834. The molecule has 0 aliphatic rings. The molecule has 5 heteroatoms. The lowest BCUT2D eigenvalue weighted by molar-refractivity contribution is -0.116. The van der Waals surface area contributed by atoms with E-state index in [0.29, 0.717) is 30.6 Å². The number of carbonyl (C=O) groups is 1. The van der Waals surface area contributed by atoms with E-state index in [1.54, 1.807) is 41.0 Å². The van der Waals surface area contributed by atoms with Crippen molar-refractivity contribution in [3.05, 3.63) is 64.1 Å². The van der Waals surface area contributed by atoms with Gasteiger partial charge in [-0.15, -0.1) is 0 Å². The minimum absolute atomic E-state index is 0.00738. The summed E-state index contributed by atoms with van der Waals surface area (Å²) in [6, 6.07) is 14.0. The second-order valence-electron chi connectivity index (χ2n) is 5.35. The summed E-state index contributed by atoms with van der Waals surface area (Å²) in [6.07, 6.45) is 1.88. The Balaban J connectivity index is 1.76. The Kier molecular flexibility index (Phi) is 5.70. The van der Waals surface area contributed by atoms with E-state index in [4.69, 9.17) is 5.26 Å². The standard InChI is InChI=1S/C18H19N3O2/c1-14-5-4-7-18(23)21(14)12-3-2-6-17(22)20-16-10-8-15(13-19)9-11-16/h4-5,7-11H,2-3,6,12H2,1H3,(H,20,22). The predicted molar refractivity (Wildman–Crippen MR) is 89.1 cm³/mol. The van der Waals surface area contributed by atoms with Crippen LogP contribution >= 0.6 is 0 Å². The van der Waals surface area contributed by atoms with Gasteiger partial charge in [-0.05, 0) is 50.1 Å². The minimum Gasteiger partial charge on any atom is -0.326 e. The van der Waals surface area contributed by atoms with Gasteiger partial charge in [0.05, 0.1) is 11.6 Å². The fraction of sp³-hybridized carbons (Fsp3) is 0.278. The van der Waals surface area contributed by atoms with Crippen LogP contribution in [-0.4, -0.2) is 10.5 Å². The maximum atomic E-state index is 11.9.